The van der Waals surface area contributed by atoms with Crippen molar-refractivity contribution in [3.63, 3.8) is 0 Å². The van der Waals surface area contributed by atoms with Crippen molar-refractivity contribution in [1.82, 2.24) is 0 Å². The van der Waals surface area contributed by atoms with E-state index < -0.39 is 5.97 Å². The number of methoxy groups -OCH3 is 2. The lowest BCUT2D eigenvalue weighted by Gasteiger charge is -2.39. The quantitative estimate of drug-likeness (QED) is 0.604. The van der Waals surface area contributed by atoms with Gasteiger partial charge in [-0.3, -0.25) is 0 Å². The number of aliphatic hydroxyl groups excluding tert-OH is 1. The average Bonchev–Trinajstić information content (AvgIpc) is 2.52. The van der Waals surface area contributed by atoms with Gasteiger partial charge in [0.25, 0.3) is 0 Å². The van der Waals surface area contributed by atoms with Crippen LogP contribution in [-0.4, -0.2) is 51.7 Å². The van der Waals surface area contributed by atoms with Gasteiger partial charge in [0.2, 0.25) is 0 Å². The zero-order chi connectivity index (χ0) is 16.0. The summed E-state index contributed by atoms with van der Waals surface area (Å²) in [5, 5.41) is 9.39. The van der Waals surface area contributed by atoms with Crippen LogP contribution in [0.25, 0.3) is 6.08 Å². The standard InChI is InChI=1S/C16H20O6/c1-19-14-7-12(4-6-15(18)20-2)3-5-13(14)22-11-16(8-17)9-21-10-16/h3-7,17H,8-11H2,1-2H3/b6-4+. The smallest absolute Gasteiger partial charge is 0.330 e. The largest absolute Gasteiger partial charge is 0.493 e. The molecule has 0 amide bonds. The molecule has 6 nitrogen and oxygen atoms in total. The van der Waals surface area contributed by atoms with E-state index in [0.29, 0.717) is 31.3 Å². The van der Waals surface area contributed by atoms with Gasteiger partial charge >= 0.3 is 5.97 Å². The molecule has 2 rings (SSSR count). The van der Waals surface area contributed by atoms with Crippen molar-refractivity contribution >= 4 is 12.0 Å². The summed E-state index contributed by atoms with van der Waals surface area (Å²) >= 11 is 0. The summed E-state index contributed by atoms with van der Waals surface area (Å²) in [7, 11) is 2.87. The molecule has 1 N–H and O–H groups in total. The minimum Gasteiger partial charge on any atom is -0.493 e. The van der Waals surface area contributed by atoms with Gasteiger partial charge in [-0.1, -0.05) is 6.07 Å². The van der Waals surface area contributed by atoms with Crippen molar-refractivity contribution in [2.75, 3.05) is 40.6 Å². The Balaban J connectivity index is 2.05. The zero-order valence-corrected chi connectivity index (χ0v) is 12.7. The second-order valence-corrected chi connectivity index (χ2v) is 5.21. The maximum Gasteiger partial charge on any atom is 0.330 e. The van der Waals surface area contributed by atoms with E-state index in [0.717, 1.165) is 5.56 Å². The first kappa shape index (κ1) is 16.3. The highest BCUT2D eigenvalue weighted by Gasteiger charge is 2.39. The highest BCUT2D eigenvalue weighted by Crippen LogP contribution is 2.32. The highest BCUT2D eigenvalue weighted by atomic mass is 16.5. The minimum atomic E-state index is -0.422. The summed E-state index contributed by atoms with van der Waals surface area (Å²) < 4.78 is 20.7. The van der Waals surface area contributed by atoms with Gasteiger partial charge < -0.3 is 24.1 Å². The van der Waals surface area contributed by atoms with Crippen LogP contribution in [0.5, 0.6) is 11.5 Å². The van der Waals surface area contributed by atoms with Gasteiger partial charge in [0.1, 0.15) is 6.61 Å². The van der Waals surface area contributed by atoms with E-state index in [4.69, 9.17) is 14.2 Å². The molecule has 120 valence electrons. The molecule has 0 aromatic heterocycles. The van der Waals surface area contributed by atoms with Crippen molar-refractivity contribution in [1.29, 1.82) is 0 Å². The average molecular weight is 308 g/mol. The Bertz CT molecular complexity index is 542. The molecule has 0 spiro atoms. The first-order valence-electron chi connectivity index (χ1n) is 6.88. The number of rotatable bonds is 7. The number of carbonyl (C=O) groups is 1. The van der Waals surface area contributed by atoms with Crippen LogP contribution >= 0.6 is 0 Å². The van der Waals surface area contributed by atoms with E-state index in [1.54, 1.807) is 31.4 Å². The van der Waals surface area contributed by atoms with E-state index in [1.165, 1.54) is 13.2 Å². The Labute approximate surface area is 129 Å². The Hall–Kier alpha value is -2.05. The van der Waals surface area contributed by atoms with Crippen LogP contribution in [0.15, 0.2) is 24.3 Å². The highest BCUT2D eigenvalue weighted by molar-refractivity contribution is 5.87. The van der Waals surface area contributed by atoms with E-state index in [2.05, 4.69) is 4.74 Å². The van der Waals surface area contributed by atoms with Gasteiger partial charge in [-0.2, -0.15) is 0 Å². The first-order valence-corrected chi connectivity index (χ1v) is 6.88. The van der Waals surface area contributed by atoms with E-state index >= 15 is 0 Å². The lowest BCUT2D eigenvalue weighted by molar-refractivity contribution is -0.153. The molecule has 0 radical (unpaired) electrons. The van der Waals surface area contributed by atoms with E-state index in [-0.39, 0.29) is 12.0 Å². The summed E-state index contributed by atoms with van der Waals surface area (Å²) in [6.45, 7) is 1.37. The van der Waals surface area contributed by atoms with Crippen molar-refractivity contribution in [3.8, 4) is 11.5 Å². The van der Waals surface area contributed by atoms with Crippen molar-refractivity contribution in [2.24, 2.45) is 5.41 Å². The van der Waals surface area contributed by atoms with Crippen LogP contribution in [0, 0.1) is 5.41 Å². The van der Waals surface area contributed by atoms with Crippen LogP contribution in [0.2, 0.25) is 0 Å². The number of esters is 1. The molecule has 1 aromatic rings. The topological polar surface area (TPSA) is 74.2 Å². The second kappa shape index (κ2) is 7.29. The van der Waals surface area contributed by atoms with Crippen LogP contribution in [0.4, 0.5) is 0 Å². The fraction of sp³-hybridized carbons (Fsp3) is 0.438. The molecule has 0 aliphatic carbocycles. The van der Waals surface area contributed by atoms with Crippen molar-refractivity contribution < 1.29 is 28.8 Å². The molecule has 1 heterocycles. The Morgan fingerprint density at radius 1 is 1.36 bits per heavy atom. The van der Waals surface area contributed by atoms with Gasteiger partial charge in [-0.05, 0) is 23.8 Å². The molecule has 0 unspecified atom stereocenters. The normalized spacial score (nSPS) is 16.1. The fourth-order valence-electron chi connectivity index (χ4n) is 1.98. The number of hydrogen-bond acceptors (Lipinski definition) is 6. The number of ether oxygens (including phenoxy) is 4. The predicted octanol–water partition coefficient (Wildman–Crippen LogP) is 1.27. The molecule has 0 atom stereocenters. The van der Waals surface area contributed by atoms with Gasteiger partial charge in [0.15, 0.2) is 11.5 Å². The summed E-state index contributed by atoms with van der Waals surface area (Å²) in [6, 6.07) is 5.33. The Morgan fingerprint density at radius 2 is 2.14 bits per heavy atom. The SMILES string of the molecule is COC(=O)/C=C/c1ccc(OCC2(CO)COC2)c(OC)c1. The zero-order valence-electron chi connectivity index (χ0n) is 12.7. The molecular formula is C16H20O6. The summed E-state index contributed by atoms with van der Waals surface area (Å²) in [5.74, 6) is 0.715. The molecule has 22 heavy (non-hydrogen) atoms. The third-order valence-corrected chi connectivity index (χ3v) is 3.49. The number of aliphatic hydroxyl groups is 1. The van der Waals surface area contributed by atoms with Gasteiger partial charge in [-0.15, -0.1) is 0 Å². The third-order valence-electron chi connectivity index (χ3n) is 3.49. The van der Waals surface area contributed by atoms with Gasteiger partial charge in [0, 0.05) is 6.08 Å². The van der Waals surface area contributed by atoms with Crippen molar-refractivity contribution in [3.05, 3.63) is 29.8 Å². The summed E-state index contributed by atoms with van der Waals surface area (Å²) in [6.07, 6.45) is 2.97. The maximum absolute atomic E-state index is 11.1. The Kier molecular flexibility index (Phi) is 5.41. The van der Waals surface area contributed by atoms with Gasteiger partial charge in [0.05, 0.1) is 39.5 Å². The molecular weight excluding hydrogens is 288 g/mol. The monoisotopic (exact) mass is 308 g/mol. The molecule has 1 aliphatic rings. The van der Waals surface area contributed by atoms with E-state index in [9.17, 15) is 9.90 Å². The van der Waals surface area contributed by atoms with E-state index in [1.807, 2.05) is 0 Å². The lowest BCUT2D eigenvalue weighted by atomic mass is 9.88. The van der Waals surface area contributed by atoms with Gasteiger partial charge in [-0.25, -0.2) is 4.79 Å². The number of benzene rings is 1. The van der Waals surface area contributed by atoms with Crippen LogP contribution in [0.1, 0.15) is 5.56 Å². The van der Waals surface area contributed by atoms with Crippen LogP contribution in [-0.2, 0) is 14.3 Å². The Morgan fingerprint density at radius 3 is 2.68 bits per heavy atom. The third kappa shape index (κ3) is 3.78. The van der Waals surface area contributed by atoms with Crippen LogP contribution < -0.4 is 9.47 Å². The minimum absolute atomic E-state index is 0.0231. The molecule has 1 aliphatic heterocycles. The lowest BCUT2D eigenvalue weighted by Crippen LogP contribution is -2.49. The molecule has 0 saturated carbocycles. The summed E-state index contributed by atoms with van der Waals surface area (Å²) in [5.41, 5.74) is 0.465. The second-order valence-electron chi connectivity index (χ2n) is 5.21. The molecule has 1 fully saturated rings. The maximum atomic E-state index is 11.1. The summed E-state index contributed by atoms with van der Waals surface area (Å²) in [4.78, 5) is 11.1. The first-order chi connectivity index (χ1) is 10.6. The number of carbonyl (C=O) groups excluding carboxylic acids is 1. The predicted molar refractivity (Wildman–Crippen MR) is 79.9 cm³/mol. The van der Waals surface area contributed by atoms with Crippen molar-refractivity contribution in [2.45, 2.75) is 0 Å². The number of hydrogen-bond donors (Lipinski definition) is 1. The molecule has 1 aromatic carbocycles. The molecule has 0 bridgehead atoms. The molecule has 1 saturated heterocycles. The fourth-order valence-corrected chi connectivity index (χ4v) is 1.98. The van der Waals surface area contributed by atoms with Crippen LogP contribution in [0.3, 0.4) is 0 Å². The molecule has 6 heteroatoms.